The first-order valence-electron chi connectivity index (χ1n) is 8.73. The van der Waals surface area contributed by atoms with E-state index in [2.05, 4.69) is 16.4 Å². The van der Waals surface area contributed by atoms with E-state index in [4.69, 9.17) is 14.7 Å². The molecule has 26 heavy (non-hydrogen) atoms. The van der Waals surface area contributed by atoms with Crippen molar-refractivity contribution >= 4 is 6.09 Å². The lowest BCUT2D eigenvalue weighted by Crippen LogP contribution is -2.40. The predicted molar refractivity (Wildman–Crippen MR) is 95.4 cm³/mol. The Morgan fingerprint density at radius 2 is 1.92 bits per heavy atom. The maximum Gasteiger partial charge on any atom is 0.407 e. The van der Waals surface area contributed by atoms with E-state index in [1.165, 1.54) is 0 Å². The summed E-state index contributed by atoms with van der Waals surface area (Å²) in [7, 11) is 0. The van der Waals surface area contributed by atoms with Crippen LogP contribution in [0.15, 0.2) is 48.7 Å². The zero-order valence-corrected chi connectivity index (χ0v) is 14.4. The smallest absolute Gasteiger partial charge is 0.407 e. The van der Waals surface area contributed by atoms with Crippen LogP contribution in [0.3, 0.4) is 0 Å². The second-order valence-electron chi connectivity index (χ2n) is 6.27. The van der Waals surface area contributed by atoms with E-state index in [0.717, 1.165) is 31.2 Å². The molecular formula is C20H21N3O3. The number of ether oxygens (including phenoxy) is 2. The summed E-state index contributed by atoms with van der Waals surface area (Å²) >= 11 is 0. The molecule has 0 saturated heterocycles. The molecule has 1 amide bonds. The van der Waals surface area contributed by atoms with E-state index < -0.39 is 6.09 Å². The highest BCUT2D eigenvalue weighted by Crippen LogP contribution is 2.24. The SMILES string of the molecule is N#Cc1cccnc1OC1CCC(NC(=O)OCc2ccccc2)CC1. The molecule has 0 radical (unpaired) electrons. The van der Waals surface area contributed by atoms with Gasteiger partial charge in [-0.15, -0.1) is 0 Å². The van der Waals surface area contributed by atoms with Crippen LogP contribution in [0, 0.1) is 11.3 Å². The Hall–Kier alpha value is -3.07. The Morgan fingerprint density at radius 3 is 2.65 bits per heavy atom. The van der Waals surface area contributed by atoms with Crippen LogP contribution in [0.25, 0.3) is 0 Å². The average molecular weight is 351 g/mol. The molecule has 0 bridgehead atoms. The molecule has 0 aliphatic heterocycles. The number of nitrogens with zero attached hydrogens (tertiary/aromatic N) is 2. The van der Waals surface area contributed by atoms with E-state index in [1.54, 1.807) is 18.3 Å². The van der Waals surface area contributed by atoms with Crippen molar-refractivity contribution in [2.45, 2.75) is 44.4 Å². The van der Waals surface area contributed by atoms with Crippen molar-refractivity contribution in [2.75, 3.05) is 0 Å². The highest BCUT2D eigenvalue weighted by Gasteiger charge is 2.25. The molecule has 6 heteroatoms. The lowest BCUT2D eigenvalue weighted by Gasteiger charge is -2.29. The summed E-state index contributed by atoms with van der Waals surface area (Å²) in [6.07, 6.45) is 4.44. The van der Waals surface area contributed by atoms with Crippen molar-refractivity contribution in [1.82, 2.24) is 10.3 Å². The fourth-order valence-electron chi connectivity index (χ4n) is 2.98. The van der Waals surface area contributed by atoms with Gasteiger partial charge in [0.25, 0.3) is 0 Å². The summed E-state index contributed by atoms with van der Waals surface area (Å²) in [6.45, 7) is 0.266. The summed E-state index contributed by atoms with van der Waals surface area (Å²) in [5.41, 5.74) is 1.40. The zero-order chi connectivity index (χ0) is 18.2. The van der Waals surface area contributed by atoms with Crippen molar-refractivity contribution in [3.05, 3.63) is 59.8 Å². The second-order valence-corrected chi connectivity index (χ2v) is 6.27. The normalized spacial score (nSPS) is 19.2. The molecule has 1 fully saturated rings. The summed E-state index contributed by atoms with van der Waals surface area (Å²) in [5.74, 6) is 0.383. The second kappa shape index (κ2) is 8.86. The number of benzene rings is 1. The molecule has 6 nitrogen and oxygen atoms in total. The van der Waals surface area contributed by atoms with Gasteiger partial charge < -0.3 is 14.8 Å². The molecular weight excluding hydrogens is 330 g/mol. The van der Waals surface area contributed by atoms with Gasteiger partial charge in [0.2, 0.25) is 5.88 Å². The van der Waals surface area contributed by atoms with E-state index in [1.807, 2.05) is 30.3 Å². The number of nitrogens with one attached hydrogen (secondary N) is 1. The number of nitriles is 1. The van der Waals surface area contributed by atoms with Gasteiger partial charge in [-0.2, -0.15) is 5.26 Å². The number of alkyl carbamates (subject to hydrolysis) is 1. The maximum absolute atomic E-state index is 11.9. The quantitative estimate of drug-likeness (QED) is 0.890. The number of hydrogen-bond donors (Lipinski definition) is 1. The summed E-state index contributed by atoms with van der Waals surface area (Å²) in [6, 6.07) is 15.2. The van der Waals surface area contributed by atoms with Crippen molar-refractivity contribution in [3.63, 3.8) is 0 Å². The van der Waals surface area contributed by atoms with Crippen molar-refractivity contribution in [1.29, 1.82) is 5.26 Å². The van der Waals surface area contributed by atoms with Gasteiger partial charge in [0.05, 0.1) is 0 Å². The molecule has 134 valence electrons. The molecule has 1 aromatic heterocycles. The molecule has 3 rings (SSSR count). The third-order valence-corrected chi connectivity index (χ3v) is 4.38. The van der Waals surface area contributed by atoms with E-state index in [9.17, 15) is 4.79 Å². The lowest BCUT2D eigenvalue weighted by atomic mass is 9.93. The molecule has 1 aliphatic carbocycles. The van der Waals surface area contributed by atoms with Crippen molar-refractivity contribution in [3.8, 4) is 11.9 Å². The van der Waals surface area contributed by atoms with E-state index in [-0.39, 0.29) is 18.8 Å². The monoisotopic (exact) mass is 351 g/mol. The minimum atomic E-state index is -0.394. The molecule has 1 aromatic carbocycles. The zero-order valence-electron chi connectivity index (χ0n) is 14.4. The highest BCUT2D eigenvalue weighted by atomic mass is 16.5. The Bertz CT molecular complexity index is 765. The Kier molecular flexibility index (Phi) is 6.05. The van der Waals surface area contributed by atoms with Crippen LogP contribution in [0.4, 0.5) is 4.79 Å². The minimum absolute atomic E-state index is 0.00962. The van der Waals surface area contributed by atoms with Crippen LogP contribution in [0.5, 0.6) is 5.88 Å². The van der Waals surface area contributed by atoms with Crippen molar-refractivity contribution in [2.24, 2.45) is 0 Å². The molecule has 1 N–H and O–H groups in total. The number of carbonyl (C=O) groups excluding carboxylic acids is 1. The summed E-state index contributed by atoms with van der Waals surface area (Å²) in [5, 5.41) is 12.0. The standard InChI is InChI=1S/C20H21N3O3/c21-13-16-7-4-12-22-19(16)26-18-10-8-17(9-11-18)23-20(24)25-14-15-5-2-1-3-6-15/h1-7,12,17-18H,8-11,14H2,(H,23,24). The van der Waals surface area contributed by atoms with Crippen molar-refractivity contribution < 1.29 is 14.3 Å². The largest absolute Gasteiger partial charge is 0.473 e. The fourth-order valence-corrected chi connectivity index (χ4v) is 2.98. The van der Waals surface area contributed by atoms with Gasteiger partial charge in [-0.05, 0) is 43.4 Å². The Morgan fingerprint density at radius 1 is 1.15 bits per heavy atom. The van der Waals surface area contributed by atoms with Crippen LogP contribution >= 0.6 is 0 Å². The third kappa shape index (κ3) is 4.96. The topological polar surface area (TPSA) is 84.2 Å². The minimum Gasteiger partial charge on any atom is -0.473 e. The molecule has 1 aliphatic rings. The number of aromatic nitrogens is 1. The summed E-state index contributed by atoms with van der Waals surface area (Å²) in [4.78, 5) is 16.1. The third-order valence-electron chi connectivity index (χ3n) is 4.38. The van der Waals surface area contributed by atoms with E-state index >= 15 is 0 Å². The lowest BCUT2D eigenvalue weighted by molar-refractivity contribution is 0.114. The molecule has 2 aromatic rings. The highest BCUT2D eigenvalue weighted by molar-refractivity contribution is 5.67. The number of rotatable bonds is 5. The van der Waals surface area contributed by atoms with Gasteiger partial charge in [-0.1, -0.05) is 30.3 Å². The Balaban J connectivity index is 1.41. The van der Waals surface area contributed by atoms with Gasteiger partial charge >= 0.3 is 6.09 Å². The summed E-state index contributed by atoms with van der Waals surface area (Å²) < 4.78 is 11.1. The molecule has 0 atom stereocenters. The molecule has 0 spiro atoms. The van der Waals surface area contributed by atoms with Crippen LogP contribution in [-0.4, -0.2) is 23.2 Å². The molecule has 1 heterocycles. The average Bonchev–Trinajstić information content (AvgIpc) is 2.69. The van der Waals surface area contributed by atoms with Crippen LogP contribution in [0.2, 0.25) is 0 Å². The number of hydrogen-bond acceptors (Lipinski definition) is 5. The van der Waals surface area contributed by atoms with Gasteiger partial charge in [-0.3, -0.25) is 0 Å². The van der Waals surface area contributed by atoms with Gasteiger partial charge in [0.15, 0.2) is 0 Å². The van der Waals surface area contributed by atoms with Gasteiger partial charge in [0.1, 0.15) is 24.3 Å². The molecule has 0 unspecified atom stereocenters. The van der Waals surface area contributed by atoms with Gasteiger partial charge in [-0.25, -0.2) is 9.78 Å². The van der Waals surface area contributed by atoms with Gasteiger partial charge in [0, 0.05) is 12.2 Å². The molecule has 1 saturated carbocycles. The number of carbonyl (C=O) groups is 1. The first-order chi connectivity index (χ1) is 12.7. The number of amides is 1. The first kappa shape index (κ1) is 17.7. The fraction of sp³-hybridized carbons (Fsp3) is 0.350. The maximum atomic E-state index is 11.9. The van der Waals surface area contributed by atoms with Crippen LogP contribution in [0.1, 0.15) is 36.8 Å². The number of pyridine rings is 1. The first-order valence-corrected chi connectivity index (χ1v) is 8.73. The van der Waals surface area contributed by atoms with Crippen LogP contribution < -0.4 is 10.1 Å². The van der Waals surface area contributed by atoms with E-state index in [0.29, 0.717) is 11.4 Å². The van der Waals surface area contributed by atoms with Crippen LogP contribution in [-0.2, 0) is 11.3 Å². The Labute approximate surface area is 152 Å². The predicted octanol–water partition coefficient (Wildman–Crippen LogP) is 3.57.